The normalized spacial score (nSPS) is 11.4. The third-order valence-electron chi connectivity index (χ3n) is 1.86. The molecule has 0 saturated carbocycles. The van der Waals surface area contributed by atoms with E-state index < -0.39 is 5.97 Å². The lowest BCUT2D eigenvalue weighted by molar-refractivity contribution is -0.0283. The molecule has 0 saturated heterocycles. The molecule has 0 fully saturated rings. The van der Waals surface area contributed by atoms with Gasteiger partial charge >= 0.3 is 5.97 Å². The number of aromatic nitrogens is 1. The summed E-state index contributed by atoms with van der Waals surface area (Å²) in [5, 5.41) is 0.401. The van der Waals surface area contributed by atoms with Crippen molar-refractivity contribution in [1.29, 1.82) is 0 Å². The monoisotopic (exact) mass is 291 g/mol. The van der Waals surface area contributed by atoms with Gasteiger partial charge in [0.05, 0.1) is 17.2 Å². The summed E-state index contributed by atoms with van der Waals surface area (Å²) in [6.45, 7) is 6.21. The van der Waals surface area contributed by atoms with Crippen LogP contribution in [0.4, 0.5) is 0 Å². The highest BCUT2D eigenvalue weighted by molar-refractivity contribution is 6.34. The number of pyridine rings is 1. The smallest absolute Gasteiger partial charge is 0.358 e. The van der Waals surface area contributed by atoms with Crippen LogP contribution in [0.2, 0.25) is 10.2 Å². The maximum absolute atomic E-state index is 11.7. The van der Waals surface area contributed by atoms with Crippen LogP contribution < -0.4 is 0 Å². The van der Waals surface area contributed by atoms with Gasteiger partial charge in [0.25, 0.3) is 0 Å². The number of ether oxygens (including phenoxy) is 2. The van der Waals surface area contributed by atoms with Gasteiger partial charge in [0.15, 0.2) is 5.69 Å². The van der Waals surface area contributed by atoms with Gasteiger partial charge in [-0.3, -0.25) is 0 Å². The second-order valence-corrected chi connectivity index (χ2v) is 5.36. The fourth-order valence-electron chi connectivity index (χ4n) is 1.11. The standard InChI is InChI=1S/C12H15Cl2NO3/c1-12(2,3)18-7-6-17-11(16)10-8(13)4-5-9(14)15-10/h4-5H,6-7H2,1-3H3. The molecule has 1 rings (SSSR count). The van der Waals surface area contributed by atoms with Gasteiger partial charge in [-0.25, -0.2) is 9.78 Å². The van der Waals surface area contributed by atoms with Crippen molar-refractivity contribution in [2.45, 2.75) is 26.4 Å². The molecule has 0 aliphatic heterocycles. The second kappa shape index (κ2) is 6.36. The zero-order chi connectivity index (χ0) is 13.8. The first-order chi connectivity index (χ1) is 8.29. The summed E-state index contributed by atoms with van der Waals surface area (Å²) in [6, 6.07) is 3.00. The Balaban J connectivity index is 2.48. The van der Waals surface area contributed by atoms with Crippen molar-refractivity contribution in [3.63, 3.8) is 0 Å². The molecule has 0 radical (unpaired) electrons. The van der Waals surface area contributed by atoms with Crippen molar-refractivity contribution in [3.05, 3.63) is 28.0 Å². The van der Waals surface area contributed by atoms with Crippen LogP contribution >= 0.6 is 23.2 Å². The predicted molar refractivity (Wildman–Crippen MR) is 70.2 cm³/mol. The average Bonchev–Trinajstić information content (AvgIpc) is 2.26. The van der Waals surface area contributed by atoms with Crippen LogP contribution in [0.25, 0.3) is 0 Å². The molecule has 1 heterocycles. The molecule has 0 bridgehead atoms. The number of carbonyl (C=O) groups is 1. The minimum atomic E-state index is -0.611. The molecule has 0 aromatic carbocycles. The maximum atomic E-state index is 11.7. The summed E-state index contributed by atoms with van der Waals surface area (Å²) in [5.41, 5.74) is -0.252. The summed E-state index contributed by atoms with van der Waals surface area (Å²) >= 11 is 11.5. The number of hydrogen-bond acceptors (Lipinski definition) is 4. The Morgan fingerprint density at radius 2 is 1.94 bits per heavy atom. The number of rotatable bonds is 4. The molecule has 1 aromatic heterocycles. The van der Waals surface area contributed by atoms with Crippen LogP contribution in [0.5, 0.6) is 0 Å². The molecule has 0 unspecified atom stereocenters. The number of nitrogens with zero attached hydrogens (tertiary/aromatic N) is 1. The Morgan fingerprint density at radius 1 is 1.28 bits per heavy atom. The van der Waals surface area contributed by atoms with Gasteiger partial charge < -0.3 is 9.47 Å². The van der Waals surface area contributed by atoms with E-state index in [1.807, 2.05) is 20.8 Å². The summed E-state index contributed by atoms with van der Waals surface area (Å²) in [4.78, 5) is 15.5. The Bertz CT molecular complexity index is 430. The van der Waals surface area contributed by atoms with E-state index in [0.717, 1.165) is 0 Å². The van der Waals surface area contributed by atoms with Gasteiger partial charge in [-0.2, -0.15) is 0 Å². The second-order valence-electron chi connectivity index (χ2n) is 4.56. The fraction of sp³-hybridized carbons (Fsp3) is 0.500. The lowest BCUT2D eigenvalue weighted by atomic mass is 10.2. The zero-order valence-corrected chi connectivity index (χ0v) is 12.0. The van der Waals surface area contributed by atoms with Crippen LogP contribution in [-0.2, 0) is 9.47 Å². The van der Waals surface area contributed by atoms with E-state index in [-0.39, 0.29) is 28.1 Å². The SMILES string of the molecule is CC(C)(C)OCCOC(=O)c1nc(Cl)ccc1Cl. The van der Waals surface area contributed by atoms with Gasteiger partial charge in [0.1, 0.15) is 11.8 Å². The van der Waals surface area contributed by atoms with Crippen molar-refractivity contribution in [2.75, 3.05) is 13.2 Å². The first-order valence-corrected chi connectivity index (χ1v) is 6.18. The number of esters is 1. The van der Waals surface area contributed by atoms with Crippen LogP contribution in [0, 0.1) is 0 Å². The molecular weight excluding hydrogens is 277 g/mol. The molecule has 0 atom stereocenters. The van der Waals surface area contributed by atoms with Crippen molar-refractivity contribution >= 4 is 29.2 Å². The topological polar surface area (TPSA) is 48.4 Å². The van der Waals surface area contributed by atoms with E-state index in [2.05, 4.69) is 4.98 Å². The third kappa shape index (κ3) is 5.21. The van der Waals surface area contributed by atoms with E-state index in [9.17, 15) is 4.79 Å². The van der Waals surface area contributed by atoms with Crippen molar-refractivity contribution in [2.24, 2.45) is 0 Å². The highest BCUT2D eigenvalue weighted by Crippen LogP contribution is 2.17. The lowest BCUT2D eigenvalue weighted by Gasteiger charge is -2.19. The van der Waals surface area contributed by atoms with Crippen LogP contribution in [0.15, 0.2) is 12.1 Å². The highest BCUT2D eigenvalue weighted by atomic mass is 35.5. The molecule has 1 aromatic rings. The Labute approximate surface area is 116 Å². The summed E-state index contributed by atoms with van der Waals surface area (Å²) < 4.78 is 10.4. The van der Waals surface area contributed by atoms with Gasteiger partial charge in [-0.1, -0.05) is 23.2 Å². The average molecular weight is 292 g/mol. The van der Waals surface area contributed by atoms with E-state index in [4.69, 9.17) is 32.7 Å². The minimum Gasteiger partial charge on any atom is -0.458 e. The summed E-state index contributed by atoms with van der Waals surface area (Å²) in [7, 11) is 0. The van der Waals surface area contributed by atoms with Gasteiger partial charge in [0.2, 0.25) is 0 Å². The molecule has 0 aliphatic rings. The number of carbonyl (C=O) groups excluding carboxylic acids is 1. The zero-order valence-electron chi connectivity index (χ0n) is 10.5. The molecule has 18 heavy (non-hydrogen) atoms. The lowest BCUT2D eigenvalue weighted by Crippen LogP contribution is -2.23. The molecular formula is C12H15Cl2NO3. The first kappa shape index (κ1) is 15.2. The molecule has 0 N–H and O–H groups in total. The van der Waals surface area contributed by atoms with E-state index >= 15 is 0 Å². The van der Waals surface area contributed by atoms with Crippen LogP contribution in [-0.4, -0.2) is 29.8 Å². The Hall–Kier alpha value is -0.840. The molecule has 4 nitrogen and oxygen atoms in total. The summed E-state index contributed by atoms with van der Waals surface area (Å²) in [6.07, 6.45) is 0. The Morgan fingerprint density at radius 3 is 2.56 bits per heavy atom. The van der Waals surface area contributed by atoms with Crippen LogP contribution in [0.3, 0.4) is 0 Å². The predicted octanol–water partition coefficient (Wildman–Crippen LogP) is 3.36. The highest BCUT2D eigenvalue weighted by Gasteiger charge is 2.15. The van der Waals surface area contributed by atoms with E-state index in [1.54, 1.807) is 0 Å². The van der Waals surface area contributed by atoms with Crippen molar-refractivity contribution < 1.29 is 14.3 Å². The van der Waals surface area contributed by atoms with E-state index in [0.29, 0.717) is 6.61 Å². The van der Waals surface area contributed by atoms with Crippen molar-refractivity contribution in [3.8, 4) is 0 Å². The molecule has 6 heteroatoms. The molecule has 0 amide bonds. The van der Waals surface area contributed by atoms with E-state index in [1.165, 1.54) is 12.1 Å². The van der Waals surface area contributed by atoms with Crippen molar-refractivity contribution in [1.82, 2.24) is 4.98 Å². The maximum Gasteiger partial charge on any atom is 0.358 e. The molecule has 0 spiro atoms. The largest absolute Gasteiger partial charge is 0.458 e. The minimum absolute atomic E-state index is 0.0138. The fourth-order valence-corrected chi connectivity index (χ4v) is 1.44. The number of hydrogen-bond donors (Lipinski definition) is 0. The van der Waals surface area contributed by atoms with Gasteiger partial charge in [-0.15, -0.1) is 0 Å². The Kier molecular flexibility index (Phi) is 5.38. The summed E-state index contributed by atoms with van der Waals surface area (Å²) in [5.74, 6) is -0.611. The van der Waals surface area contributed by atoms with Crippen LogP contribution in [0.1, 0.15) is 31.3 Å². The molecule has 0 aliphatic carbocycles. The first-order valence-electron chi connectivity index (χ1n) is 5.43. The number of halogens is 2. The quantitative estimate of drug-likeness (QED) is 0.485. The molecule has 100 valence electrons. The van der Waals surface area contributed by atoms with Gasteiger partial charge in [0, 0.05) is 0 Å². The third-order valence-corrected chi connectivity index (χ3v) is 2.37. The van der Waals surface area contributed by atoms with Gasteiger partial charge in [-0.05, 0) is 32.9 Å².